The van der Waals surface area contributed by atoms with Crippen LogP contribution in [0.25, 0.3) is 0 Å². The summed E-state index contributed by atoms with van der Waals surface area (Å²) in [5.74, 6) is -0.355. The van der Waals surface area contributed by atoms with E-state index in [1.165, 1.54) is 0 Å². The molecule has 0 N–H and O–H groups in total. The molecule has 0 aliphatic rings. The molecule has 0 saturated carbocycles. The topological polar surface area (TPSA) is 78.7 Å². The molecule has 0 aromatic heterocycles. The van der Waals surface area contributed by atoms with Crippen molar-refractivity contribution < 1.29 is 19.5 Å². The minimum atomic E-state index is -0.917. The molecule has 86 valence electrons. The van der Waals surface area contributed by atoms with Gasteiger partial charge < -0.3 is 9.57 Å². The standard InChI is InChI=1S/C9H15NO5/c1-2-3-4-5-6-9(11)14-7-8-15-10(12)13/h2-3H,4-8H2,1H3/b3-2-. The van der Waals surface area contributed by atoms with Crippen LogP contribution in [0.3, 0.4) is 0 Å². The predicted molar refractivity (Wildman–Crippen MR) is 52.6 cm³/mol. The molecule has 0 spiro atoms. The molecule has 0 atom stereocenters. The summed E-state index contributed by atoms with van der Waals surface area (Å²) in [5.41, 5.74) is 0. The largest absolute Gasteiger partial charge is 0.464 e. The molecule has 0 rings (SSSR count). The number of carbonyl (C=O) groups excluding carboxylic acids is 1. The van der Waals surface area contributed by atoms with Gasteiger partial charge in [0.1, 0.15) is 13.2 Å². The summed E-state index contributed by atoms with van der Waals surface area (Å²) in [7, 11) is 0. The third-order valence-electron chi connectivity index (χ3n) is 1.53. The maximum atomic E-state index is 11.0. The number of carbonyl (C=O) groups is 1. The van der Waals surface area contributed by atoms with Gasteiger partial charge in [-0.05, 0) is 19.8 Å². The van der Waals surface area contributed by atoms with Crippen LogP contribution in [0.2, 0.25) is 0 Å². The lowest BCUT2D eigenvalue weighted by molar-refractivity contribution is -0.757. The third kappa shape index (κ3) is 10.3. The monoisotopic (exact) mass is 217 g/mol. The number of esters is 1. The number of rotatable bonds is 8. The van der Waals surface area contributed by atoms with Crippen LogP contribution >= 0.6 is 0 Å². The van der Waals surface area contributed by atoms with E-state index in [4.69, 9.17) is 0 Å². The van der Waals surface area contributed by atoms with Gasteiger partial charge in [-0.25, -0.2) is 0 Å². The van der Waals surface area contributed by atoms with Crippen LogP contribution in [0.15, 0.2) is 12.2 Å². The lowest BCUT2D eigenvalue weighted by Crippen LogP contribution is -2.12. The van der Waals surface area contributed by atoms with Crippen LogP contribution in [0.5, 0.6) is 0 Å². The maximum absolute atomic E-state index is 11.0. The Bertz CT molecular complexity index is 227. The molecule has 0 bridgehead atoms. The Morgan fingerprint density at radius 1 is 1.47 bits per heavy atom. The van der Waals surface area contributed by atoms with Crippen LogP contribution in [0, 0.1) is 10.1 Å². The molecule has 0 aliphatic heterocycles. The fraction of sp³-hybridized carbons (Fsp3) is 0.667. The number of hydrogen-bond acceptors (Lipinski definition) is 5. The molecule has 6 nitrogen and oxygen atoms in total. The van der Waals surface area contributed by atoms with E-state index in [0.29, 0.717) is 6.42 Å². The summed E-state index contributed by atoms with van der Waals surface area (Å²) in [6.45, 7) is 1.62. The minimum Gasteiger partial charge on any atom is -0.464 e. The van der Waals surface area contributed by atoms with Crippen LogP contribution < -0.4 is 0 Å². The summed E-state index contributed by atoms with van der Waals surface area (Å²) in [6, 6.07) is 0. The molecule has 6 heteroatoms. The van der Waals surface area contributed by atoms with Crippen molar-refractivity contribution in [3.8, 4) is 0 Å². The molecule has 0 fully saturated rings. The summed E-state index contributed by atoms with van der Waals surface area (Å²) < 4.78 is 4.68. The third-order valence-corrected chi connectivity index (χ3v) is 1.53. The normalized spacial score (nSPS) is 10.2. The number of nitrogens with zero attached hydrogens (tertiary/aromatic N) is 1. The van der Waals surface area contributed by atoms with Gasteiger partial charge >= 0.3 is 5.97 Å². The first-order valence-electron chi connectivity index (χ1n) is 4.71. The van der Waals surface area contributed by atoms with E-state index in [0.717, 1.165) is 12.8 Å². The highest BCUT2D eigenvalue weighted by Gasteiger charge is 2.02. The summed E-state index contributed by atoms with van der Waals surface area (Å²) >= 11 is 0. The van der Waals surface area contributed by atoms with Gasteiger partial charge in [0.2, 0.25) is 0 Å². The number of allylic oxidation sites excluding steroid dienone is 2. The molecule has 0 aliphatic carbocycles. The zero-order valence-corrected chi connectivity index (χ0v) is 8.68. The Hall–Kier alpha value is -1.59. The fourth-order valence-corrected chi connectivity index (χ4v) is 0.870. The van der Waals surface area contributed by atoms with Gasteiger partial charge in [0.25, 0.3) is 5.09 Å². The highest BCUT2D eigenvalue weighted by Crippen LogP contribution is 1.98. The first-order valence-corrected chi connectivity index (χ1v) is 4.71. The number of hydrogen-bond donors (Lipinski definition) is 0. The first-order chi connectivity index (χ1) is 7.16. The van der Waals surface area contributed by atoms with Crippen molar-refractivity contribution in [2.24, 2.45) is 0 Å². The number of unbranched alkanes of at least 4 members (excludes halogenated alkanes) is 1. The smallest absolute Gasteiger partial charge is 0.305 e. The summed E-state index contributed by atoms with van der Waals surface area (Å²) in [5, 5.41) is 8.81. The Labute approximate surface area is 88.0 Å². The molecule has 0 aromatic carbocycles. The maximum Gasteiger partial charge on any atom is 0.305 e. The molecular formula is C9H15NO5. The lowest BCUT2D eigenvalue weighted by Gasteiger charge is -2.02. The zero-order chi connectivity index (χ0) is 11.5. The van der Waals surface area contributed by atoms with Gasteiger partial charge in [0, 0.05) is 6.42 Å². The van der Waals surface area contributed by atoms with E-state index in [1.807, 2.05) is 19.1 Å². The highest BCUT2D eigenvalue weighted by atomic mass is 17.0. The van der Waals surface area contributed by atoms with Crippen molar-refractivity contribution in [1.82, 2.24) is 0 Å². The van der Waals surface area contributed by atoms with Gasteiger partial charge in [0.15, 0.2) is 0 Å². The van der Waals surface area contributed by atoms with E-state index in [9.17, 15) is 14.9 Å². The Morgan fingerprint density at radius 2 is 2.20 bits per heavy atom. The highest BCUT2D eigenvalue weighted by molar-refractivity contribution is 5.69. The van der Waals surface area contributed by atoms with Crippen LogP contribution in [-0.2, 0) is 14.4 Å². The van der Waals surface area contributed by atoms with E-state index in [-0.39, 0.29) is 19.2 Å². The predicted octanol–water partition coefficient (Wildman–Crippen LogP) is 1.48. The van der Waals surface area contributed by atoms with Crippen LogP contribution in [0.4, 0.5) is 0 Å². The Balaban J connectivity index is 3.29. The SMILES string of the molecule is C/C=C\CCCC(=O)OCCO[N+](=O)[O-]. The van der Waals surface area contributed by atoms with Crippen LogP contribution in [0.1, 0.15) is 26.2 Å². The molecular weight excluding hydrogens is 202 g/mol. The summed E-state index contributed by atoms with van der Waals surface area (Å²) in [4.78, 5) is 24.7. The average molecular weight is 217 g/mol. The second-order valence-electron chi connectivity index (χ2n) is 2.74. The van der Waals surface area contributed by atoms with Crippen molar-refractivity contribution in [2.45, 2.75) is 26.2 Å². The quantitative estimate of drug-likeness (QED) is 0.202. The van der Waals surface area contributed by atoms with Crippen molar-refractivity contribution in [2.75, 3.05) is 13.2 Å². The number of ether oxygens (including phenoxy) is 1. The molecule has 0 amide bonds. The minimum absolute atomic E-state index is 0.0799. The van der Waals surface area contributed by atoms with Crippen LogP contribution in [-0.4, -0.2) is 24.3 Å². The van der Waals surface area contributed by atoms with E-state index < -0.39 is 5.09 Å². The van der Waals surface area contributed by atoms with Crippen molar-refractivity contribution >= 4 is 5.97 Å². The molecule has 0 aromatic rings. The lowest BCUT2D eigenvalue weighted by atomic mass is 10.2. The van der Waals surface area contributed by atoms with E-state index >= 15 is 0 Å². The van der Waals surface area contributed by atoms with E-state index in [2.05, 4.69) is 9.57 Å². The van der Waals surface area contributed by atoms with Gasteiger partial charge in [-0.2, -0.15) is 0 Å². The van der Waals surface area contributed by atoms with Gasteiger partial charge in [-0.15, -0.1) is 10.1 Å². The van der Waals surface area contributed by atoms with Gasteiger partial charge in [-0.3, -0.25) is 4.79 Å². The summed E-state index contributed by atoms with van der Waals surface area (Å²) in [6.07, 6.45) is 5.75. The molecule has 0 heterocycles. The van der Waals surface area contributed by atoms with E-state index in [1.54, 1.807) is 0 Å². The zero-order valence-electron chi connectivity index (χ0n) is 8.68. The van der Waals surface area contributed by atoms with Gasteiger partial charge in [-0.1, -0.05) is 12.2 Å². The molecule has 0 unspecified atom stereocenters. The Morgan fingerprint density at radius 3 is 2.80 bits per heavy atom. The van der Waals surface area contributed by atoms with Crippen molar-refractivity contribution in [1.29, 1.82) is 0 Å². The molecule has 0 radical (unpaired) electrons. The fourth-order valence-electron chi connectivity index (χ4n) is 0.870. The first kappa shape index (κ1) is 13.4. The second kappa shape index (κ2) is 8.98. The van der Waals surface area contributed by atoms with Gasteiger partial charge in [0.05, 0.1) is 0 Å². The van der Waals surface area contributed by atoms with Crippen molar-refractivity contribution in [3.05, 3.63) is 22.3 Å². The molecule has 0 saturated heterocycles. The Kier molecular flexibility index (Phi) is 8.03. The second-order valence-corrected chi connectivity index (χ2v) is 2.74. The average Bonchev–Trinajstić information content (AvgIpc) is 2.19. The molecule has 15 heavy (non-hydrogen) atoms. The van der Waals surface area contributed by atoms with Crippen molar-refractivity contribution in [3.63, 3.8) is 0 Å².